The van der Waals surface area contributed by atoms with Crippen LogP contribution in [0.25, 0.3) is 5.65 Å². The number of ether oxygens (including phenoxy) is 3. The zero-order chi connectivity index (χ0) is 29.7. The lowest BCUT2D eigenvalue weighted by molar-refractivity contribution is -0.153. The smallest absolute Gasteiger partial charge is 0.312 e. The van der Waals surface area contributed by atoms with Crippen molar-refractivity contribution in [2.24, 2.45) is 0 Å². The van der Waals surface area contributed by atoms with Gasteiger partial charge in [-0.2, -0.15) is 0 Å². The van der Waals surface area contributed by atoms with Crippen molar-refractivity contribution in [3.8, 4) is 17.4 Å². The van der Waals surface area contributed by atoms with Crippen molar-refractivity contribution in [2.45, 2.75) is 52.6 Å². The van der Waals surface area contributed by atoms with E-state index in [1.54, 1.807) is 41.0 Å². The molecule has 42 heavy (non-hydrogen) atoms. The van der Waals surface area contributed by atoms with Gasteiger partial charge in [-0.1, -0.05) is 12.1 Å². The van der Waals surface area contributed by atoms with Crippen molar-refractivity contribution < 1.29 is 23.8 Å². The number of amides is 1. The molecule has 1 saturated heterocycles. The lowest BCUT2D eigenvalue weighted by Gasteiger charge is -2.18. The highest BCUT2D eigenvalue weighted by Crippen LogP contribution is 2.27. The van der Waals surface area contributed by atoms with E-state index in [9.17, 15) is 9.59 Å². The van der Waals surface area contributed by atoms with Gasteiger partial charge < -0.3 is 19.5 Å². The summed E-state index contributed by atoms with van der Waals surface area (Å²) in [6.45, 7) is 11.1. The van der Waals surface area contributed by atoms with Crippen LogP contribution in [-0.4, -0.2) is 63.2 Å². The predicted molar refractivity (Wildman–Crippen MR) is 159 cm³/mol. The maximum absolute atomic E-state index is 13.1. The molecule has 5 rings (SSSR count). The summed E-state index contributed by atoms with van der Waals surface area (Å²) in [7, 11) is 0. The van der Waals surface area contributed by atoms with Crippen LogP contribution >= 0.6 is 0 Å². The monoisotopic (exact) mass is 571 g/mol. The first-order chi connectivity index (χ1) is 20.1. The second-order valence-corrected chi connectivity index (χ2v) is 11.4. The van der Waals surface area contributed by atoms with Gasteiger partial charge in [0.1, 0.15) is 23.7 Å². The highest BCUT2D eigenvalue weighted by atomic mass is 16.6. The van der Waals surface area contributed by atoms with Gasteiger partial charge in [0.05, 0.1) is 18.3 Å². The summed E-state index contributed by atoms with van der Waals surface area (Å²) in [5, 5.41) is 7.45. The van der Waals surface area contributed by atoms with Crippen LogP contribution in [0.4, 0.5) is 5.69 Å². The van der Waals surface area contributed by atoms with Gasteiger partial charge in [0, 0.05) is 29.9 Å². The molecule has 1 fully saturated rings. The van der Waals surface area contributed by atoms with E-state index in [2.05, 4.69) is 20.3 Å². The maximum Gasteiger partial charge on any atom is 0.312 e. The fourth-order valence-electron chi connectivity index (χ4n) is 4.72. The molecule has 0 aliphatic carbocycles. The molecule has 1 amide bonds. The summed E-state index contributed by atoms with van der Waals surface area (Å²) in [6, 6.07) is 16.1. The Hall–Kier alpha value is -4.44. The number of aryl methyl sites for hydroxylation is 1. The summed E-state index contributed by atoms with van der Waals surface area (Å²) in [5.74, 6) is 0.925. The molecule has 1 N–H and O–H groups in total. The molecule has 4 aromatic rings. The number of esters is 1. The summed E-state index contributed by atoms with van der Waals surface area (Å²) in [5.41, 5.74) is 2.59. The predicted octanol–water partition coefficient (Wildman–Crippen LogP) is 5.44. The average molecular weight is 572 g/mol. The largest absolute Gasteiger partial charge is 0.492 e. The fraction of sp³-hybridized carbons (Fsp3) is 0.375. The van der Waals surface area contributed by atoms with E-state index in [1.807, 2.05) is 52.0 Å². The Balaban J connectivity index is 1.22. The number of nitrogens with one attached hydrogen (secondary N) is 1. The minimum atomic E-state index is -0.562. The Morgan fingerprint density at radius 2 is 1.81 bits per heavy atom. The zero-order valence-corrected chi connectivity index (χ0v) is 24.6. The minimum Gasteiger partial charge on any atom is -0.492 e. The summed E-state index contributed by atoms with van der Waals surface area (Å²) < 4.78 is 18.9. The molecule has 1 aliphatic rings. The molecular weight excluding hydrogens is 534 g/mol. The summed E-state index contributed by atoms with van der Waals surface area (Å²) in [4.78, 5) is 32.1. The first-order valence-electron chi connectivity index (χ1n) is 14.2. The van der Waals surface area contributed by atoms with Crippen LogP contribution in [-0.2, 0) is 16.0 Å². The number of imidazole rings is 1. The molecule has 3 heterocycles. The van der Waals surface area contributed by atoms with Crippen molar-refractivity contribution in [3.63, 3.8) is 0 Å². The molecular formula is C32H37N5O5. The highest BCUT2D eigenvalue weighted by molar-refractivity contribution is 6.05. The molecule has 0 radical (unpaired) electrons. The van der Waals surface area contributed by atoms with E-state index in [0.29, 0.717) is 46.6 Å². The molecule has 2 aromatic carbocycles. The summed E-state index contributed by atoms with van der Waals surface area (Å²) in [6.07, 6.45) is 4.22. The third kappa shape index (κ3) is 7.85. The second kappa shape index (κ2) is 12.6. The number of nitrogens with zero attached hydrogens (tertiary/aromatic N) is 4. The number of hydrogen-bond acceptors (Lipinski definition) is 8. The van der Waals surface area contributed by atoms with E-state index in [4.69, 9.17) is 14.2 Å². The number of hydrogen-bond donors (Lipinski definition) is 1. The molecule has 10 heteroatoms. The molecule has 0 unspecified atom stereocenters. The third-order valence-corrected chi connectivity index (χ3v) is 6.74. The lowest BCUT2D eigenvalue weighted by Crippen LogP contribution is -2.25. The van der Waals surface area contributed by atoms with Gasteiger partial charge in [0.25, 0.3) is 5.91 Å². The van der Waals surface area contributed by atoms with Gasteiger partial charge in [0.15, 0.2) is 5.65 Å². The maximum atomic E-state index is 13.1. The van der Waals surface area contributed by atoms with Gasteiger partial charge in [0.2, 0.25) is 5.88 Å². The van der Waals surface area contributed by atoms with E-state index >= 15 is 0 Å². The standard InChI is InChI=1S/C32H37N5O5/c1-22-10-11-26(41-29-13-12-28-33-24(21-37(28)35-29)19-30(38)42-32(2,3)4)20-27(22)34-31(39)23-8-7-9-25(18-23)40-17-16-36-14-5-6-15-36/h7-13,18,20-21H,5-6,14-17,19H2,1-4H3,(H,34,39). The van der Waals surface area contributed by atoms with E-state index in [-0.39, 0.29) is 18.3 Å². The van der Waals surface area contributed by atoms with Crippen LogP contribution in [0.2, 0.25) is 0 Å². The Bertz CT molecular complexity index is 1570. The van der Waals surface area contributed by atoms with Crippen LogP contribution in [0.5, 0.6) is 17.4 Å². The van der Waals surface area contributed by atoms with Crippen molar-refractivity contribution in [1.82, 2.24) is 19.5 Å². The molecule has 1 aliphatic heterocycles. The van der Waals surface area contributed by atoms with Crippen molar-refractivity contribution in [1.29, 1.82) is 0 Å². The van der Waals surface area contributed by atoms with Crippen LogP contribution in [0.3, 0.4) is 0 Å². The van der Waals surface area contributed by atoms with E-state index in [1.165, 1.54) is 12.8 Å². The van der Waals surface area contributed by atoms with Gasteiger partial charge in [-0.3, -0.25) is 14.5 Å². The average Bonchev–Trinajstić information content (AvgIpc) is 3.59. The molecule has 0 bridgehead atoms. The van der Waals surface area contributed by atoms with Crippen LogP contribution in [0.15, 0.2) is 60.8 Å². The zero-order valence-electron chi connectivity index (χ0n) is 24.6. The first-order valence-corrected chi connectivity index (χ1v) is 14.2. The fourth-order valence-corrected chi connectivity index (χ4v) is 4.72. The second-order valence-electron chi connectivity index (χ2n) is 11.4. The third-order valence-electron chi connectivity index (χ3n) is 6.74. The van der Waals surface area contributed by atoms with Crippen molar-refractivity contribution >= 4 is 23.2 Å². The number of carbonyl (C=O) groups excluding carboxylic acids is 2. The summed E-state index contributed by atoms with van der Waals surface area (Å²) >= 11 is 0. The van der Waals surface area contributed by atoms with Gasteiger partial charge >= 0.3 is 5.97 Å². The Labute approximate surface area is 245 Å². The quantitative estimate of drug-likeness (QED) is 0.251. The molecule has 220 valence electrons. The molecule has 2 aromatic heterocycles. The number of fused-ring (bicyclic) bond motifs is 1. The Kier molecular flexibility index (Phi) is 8.72. The molecule has 0 saturated carbocycles. The number of anilines is 1. The SMILES string of the molecule is Cc1ccc(Oc2ccc3nc(CC(=O)OC(C)(C)C)cn3n2)cc1NC(=O)c1cccc(OCCN2CCCC2)c1. The van der Waals surface area contributed by atoms with Crippen LogP contribution in [0, 0.1) is 6.92 Å². The topological polar surface area (TPSA) is 107 Å². The number of aromatic nitrogens is 3. The molecule has 0 atom stereocenters. The lowest BCUT2D eigenvalue weighted by atomic mass is 10.1. The normalized spacial score (nSPS) is 13.7. The highest BCUT2D eigenvalue weighted by Gasteiger charge is 2.18. The van der Waals surface area contributed by atoms with Crippen molar-refractivity contribution in [3.05, 3.63) is 77.6 Å². The Morgan fingerprint density at radius 3 is 2.60 bits per heavy atom. The van der Waals surface area contributed by atoms with Gasteiger partial charge in [-0.05, 0) is 89.5 Å². The number of likely N-dealkylation sites (tertiary alicyclic amines) is 1. The number of benzene rings is 2. The first kappa shape index (κ1) is 29.1. The minimum absolute atomic E-state index is 0.0471. The van der Waals surface area contributed by atoms with Gasteiger partial charge in [-0.25, -0.2) is 9.50 Å². The van der Waals surface area contributed by atoms with Crippen molar-refractivity contribution in [2.75, 3.05) is 31.6 Å². The number of rotatable bonds is 10. The molecule has 0 spiro atoms. The van der Waals surface area contributed by atoms with Gasteiger partial charge in [-0.15, -0.1) is 5.10 Å². The van der Waals surface area contributed by atoms with E-state index in [0.717, 1.165) is 25.2 Å². The van der Waals surface area contributed by atoms with Crippen LogP contribution < -0.4 is 14.8 Å². The molecule has 10 nitrogen and oxygen atoms in total. The Morgan fingerprint density at radius 1 is 1.00 bits per heavy atom. The van der Waals surface area contributed by atoms with E-state index < -0.39 is 5.60 Å². The van der Waals surface area contributed by atoms with Crippen LogP contribution in [0.1, 0.15) is 55.2 Å². The number of carbonyl (C=O) groups is 2.